The minimum Gasteiger partial charge on any atom is -0.221 e. The molecule has 6 nitrogen and oxygen atoms in total. The van der Waals surface area contributed by atoms with Crippen LogP contribution in [0.15, 0.2) is 0 Å². The van der Waals surface area contributed by atoms with E-state index in [1.165, 1.54) is 4.72 Å². The molecule has 0 unspecified atom stereocenters. The van der Waals surface area contributed by atoms with Crippen molar-refractivity contribution in [2.45, 2.75) is 56.5 Å². The highest BCUT2D eigenvalue weighted by Crippen LogP contribution is 2.21. The van der Waals surface area contributed by atoms with E-state index in [1.807, 2.05) is 0 Å². The molecule has 0 aliphatic carbocycles. The van der Waals surface area contributed by atoms with Crippen molar-refractivity contribution in [3.63, 3.8) is 0 Å². The Morgan fingerprint density at radius 1 is 0.792 bits per heavy atom. The average molecular weight is 410 g/mol. The van der Waals surface area contributed by atoms with Gasteiger partial charge in [-0.3, -0.25) is 0 Å². The summed E-state index contributed by atoms with van der Waals surface area (Å²) in [6.45, 7) is 1.92. The monoisotopic (exact) mass is 410 g/mol. The number of primary sulfonamides is 1. The van der Waals surface area contributed by atoms with Gasteiger partial charge in [-0.2, -0.15) is 26.3 Å². The number of unbranched alkanes of at least 4 members (excludes halogenated alkanes) is 5. The maximum atomic E-state index is 11.9. The van der Waals surface area contributed by atoms with E-state index in [-0.39, 0.29) is 6.54 Å². The van der Waals surface area contributed by atoms with Crippen molar-refractivity contribution in [2.75, 3.05) is 6.54 Å². The highest BCUT2D eigenvalue weighted by atomic mass is 32.2. The standard InChI is InChI=1S/C9H18F3NO2S.CH2F3NO2S/c1-2-3-4-5-6-7-8-13-16(14,15)9(10,11)12;2-1(3,4)8(5,6)7/h13H,2-8H2,1H3;(H2,5,6,7). The molecule has 0 saturated heterocycles. The number of alkyl halides is 6. The number of rotatable bonds is 8. The predicted octanol–water partition coefficient (Wildman–Crippen LogP) is 2.58. The van der Waals surface area contributed by atoms with Crippen LogP contribution < -0.4 is 9.86 Å². The van der Waals surface area contributed by atoms with Crippen LogP contribution in [0.25, 0.3) is 0 Å². The lowest BCUT2D eigenvalue weighted by molar-refractivity contribution is -0.0450. The van der Waals surface area contributed by atoms with Gasteiger partial charge in [0, 0.05) is 6.54 Å². The molecule has 0 aliphatic heterocycles. The summed E-state index contributed by atoms with van der Waals surface area (Å²) in [6, 6.07) is 0. The van der Waals surface area contributed by atoms with Gasteiger partial charge in [-0.1, -0.05) is 39.0 Å². The van der Waals surface area contributed by atoms with Crippen LogP contribution in [0, 0.1) is 0 Å². The van der Waals surface area contributed by atoms with Crippen molar-refractivity contribution in [1.82, 2.24) is 4.72 Å². The molecule has 0 aliphatic rings. The molecule has 0 fully saturated rings. The second-order valence-electron chi connectivity index (χ2n) is 4.60. The lowest BCUT2D eigenvalue weighted by Gasteiger charge is -2.08. The van der Waals surface area contributed by atoms with Gasteiger partial charge in [0.05, 0.1) is 0 Å². The summed E-state index contributed by atoms with van der Waals surface area (Å²) in [7, 11) is -10.5. The van der Waals surface area contributed by atoms with Gasteiger partial charge in [0.1, 0.15) is 0 Å². The molecule has 148 valence electrons. The van der Waals surface area contributed by atoms with Gasteiger partial charge < -0.3 is 0 Å². The second kappa shape index (κ2) is 10.4. The molecule has 0 amide bonds. The van der Waals surface area contributed by atoms with Gasteiger partial charge in [0.2, 0.25) is 0 Å². The average Bonchev–Trinajstić information content (AvgIpc) is 2.34. The van der Waals surface area contributed by atoms with E-state index in [0.717, 1.165) is 32.1 Å². The summed E-state index contributed by atoms with van der Waals surface area (Å²) in [6.07, 6.45) is 5.37. The number of nitrogens with one attached hydrogen (secondary N) is 1. The zero-order chi connectivity index (χ0) is 19.7. The lowest BCUT2D eigenvalue weighted by Crippen LogP contribution is -2.36. The van der Waals surface area contributed by atoms with Gasteiger partial charge >= 0.3 is 31.1 Å². The zero-order valence-corrected chi connectivity index (χ0v) is 14.4. The Hall–Kier alpha value is -0.600. The quantitative estimate of drug-likeness (QED) is 0.474. The molecule has 0 aromatic rings. The Labute approximate surface area is 136 Å². The highest BCUT2D eigenvalue weighted by molar-refractivity contribution is 7.90. The van der Waals surface area contributed by atoms with E-state index < -0.39 is 31.1 Å². The molecule has 14 heteroatoms. The van der Waals surface area contributed by atoms with Crippen molar-refractivity contribution in [1.29, 1.82) is 0 Å². The van der Waals surface area contributed by atoms with Crippen LogP contribution in [0.1, 0.15) is 45.4 Å². The van der Waals surface area contributed by atoms with Crippen molar-refractivity contribution in [2.24, 2.45) is 5.14 Å². The van der Waals surface area contributed by atoms with E-state index >= 15 is 0 Å². The Bertz CT molecular complexity index is 543. The fraction of sp³-hybridized carbons (Fsp3) is 1.00. The summed E-state index contributed by atoms with van der Waals surface area (Å²) in [5, 5.41) is 3.66. The van der Waals surface area contributed by atoms with Crippen LogP contribution in [-0.2, 0) is 20.0 Å². The van der Waals surface area contributed by atoms with E-state index in [4.69, 9.17) is 0 Å². The lowest BCUT2D eigenvalue weighted by atomic mass is 10.1. The maximum Gasteiger partial charge on any atom is 0.511 e. The minimum atomic E-state index is -5.34. The van der Waals surface area contributed by atoms with Gasteiger partial charge in [-0.05, 0) is 6.42 Å². The third kappa shape index (κ3) is 11.9. The fourth-order valence-corrected chi connectivity index (χ4v) is 1.77. The number of halogens is 6. The zero-order valence-electron chi connectivity index (χ0n) is 12.7. The van der Waals surface area contributed by atoms with Crippen LogP contribution in [0.4, 0.5) is 26.3 Å². The molecule has 24 heavy (non-hydrogen) atoms. The number of hydrogen-bond donors (Lipinski definition) is 2. The second-order valence-corrected chi connectivity index (χ2v) is 7.91. The molecular weight excluding hydrogens is 390 g/mol. The Kier molecular flexibility index (Phi) is 11.1. The summed E-state index contributed by atoms with van der Waals surface area (Å²) in [5.41, 5.74) is -10.5. The van der Waals surface area contributed by atoms with Crippen molar-refractivity contribution in [3.05, 3.63) is 0 Å². The molecule has 0 saturated carbocycles. The largest absolute Gasteiger partial charge is 0.511 e. The SMILES string of the molecule is CCCCCCCCNS(=O)(=O)C(F)(F)F.NS(=O)(=O)C(F)(F)F. The molecule has 0 rings (SSSR count). The highest BCUT2D eigenvalue weighted by Gasteiger charge is 2.45. The first kappa shape index (κ1) is 25.6. The first-order chi connectivity index (χ1) is 10.6. The summed E-state index contributed by atoms with van der Waals surface area (Å²) < 4.78 is 109. The summed E-state index contributed by atoms with van der Waals surface area (Å²) in [4.78, 5) is 0. The molecule has 0 aromatic heterocycles. The van der Waals surface area contributed by atoms with Gasteiger partial charge in [0.25, 0.3) is 0 Å². The topological polar surface area (TPSA) is 106 Å². The molecule has 3 N–H and O–H groups in total. The number of sulfonamides is 2. The third-order valence-corrected chi connectivity index (χ3v) is 4.29. The first-order valence-electron chi connectivity index (χ1n) is 6.71. The molecule has 0 radical (unpaired) electrons. The number of nitrogens with two attached hydrogens (primary N) is 1. The van der Waals surface area contributed by atoms with Crippen LogP contribution in [0.2, 0.25) is 0 Å². The first-order valence-corrected chi connectivity index (χ1v) is 9.74. The van der Waals surface area contributed by atoms with E-state index in [2.05, 4.69) is 12.1 Å². The van der Waals surface area contributed by atoms with Gasteiger partial charge in [-0.25, -0.2) is 26.7 Å². The smallest absolute Gasteiger partial charge is 0.221 e. The summed E-state index contributed by atoms with van der Waals surface area (Å²) in [5.74, 6) is 0. The number of hydrogen-bond acceptors (Lipinski definition) is 4. The van der Waals surface area contributed by atoms with Crippen LogP contribution in [0.3, 0.4) is 0 Å². The van der Waals surface area contributed by atoms with Crippen LogP contribution >= 0.6 is 0 Å². The molecule has 0 heterocycles. The van der Waals surface area contributed by atoms with E-state index in [1.54, 1.807) is 0 Å². The Morgan fingerprint density at radius 3 is 1.50 bits per heavy atom. The molecule has 0 bridgehead atoms. The Balaban J connectivity index is 0. The minimum absolute atomic E-state index is 0.145. The molecule has 0 aromatic carbocycles. The molecule has 0 spiro atoms. The summed E-state index contributed by atoms with van der Waals surface area (Å²) >= 11 is 0. The van der Waals surface area contributed by atoms with Gasteiger partial charge in [0.15, 0.2) is 0 Å². The van der Waals surface area contributed by atoms with Crippen LogP contribution in [0.5, 0.6) is 0 Å². The van der Waals surface area contributed by atoms with Crippen molar-refractivity contribution >= 4 is 20.0 Å². The third-order valence-electron chi connectivity index (χ3n) is 2.45. The van der Waals surface area contributed by atoms with Crippen molar-refractivity contribution < 1.29 is 43.2 Å². The molecule has 0 atom stereocenters. The van der Waals surface area contributed by atoms with Crippen molar-refractivity contribution in [3.8, 4) is 0 Å². The fourth-order valence-electron chi connectivity index (χ4n) is 1.19. The van der Waals surface area contributed by atoms with Gasteiger partial charge in [-0.15, -0.1) is 0 Å². The Morgan fingerprint density at radius 2 is 1.17 bits per heavy atom. The normalized spacial score (nSPS) is 13.3. The van der Waals surface area contributed by atoms with E-state index in [9.17, 15) is 43.2 Å². The molecular formula is C10H20F6N2O4S2. The van der Waals surface area contributed by atoms with E-state index in [0.29, 0.717) is 6.42 Å². The van der Waals surface area contributed by atoms with Crippen LogP contribution in [-0.4, -0.2) is 34.4 Å². The maximum absolute atomic E-state index is 11.9. The predicted molar refractivity (Wildman–Crippen MR) is 75.5 cm³/mol.